The van der Waals surface area contributed by atoms with E-state index in [1.54, 1.807) is 6.39 Å². The third kappa shape index (κ3) is 2.11. The van der Waals surface area contributed by atoms with Crippen molar-refractivity contribution in [1.29, 1.82) is 0 Å². The average molecular weight is 274 g/mol. The Hall–Kier alpha value is -0.830. The Morgan fingerprint density at radius 2 is 1.85 bits per heavy atom. The fourth-order valence-electron chi connectivity index (χ4n) is 5.42. The number of nitrogens with zero attached hydrogens (tertiary/aromatic N) is 1. The molecule has 4 saturated carbocycles. The number of rotatable bonds is 5. The first-order valence-electron chi connectivity index (χ1n) is 8.48. The van der Waals surface area contributed by atoms with E-state index in [1.807, 2.05) is 0 Å². The van der Waals surface area contributed by atoms with Crippen LogP contribution >= 0.6 is 0 Å². The van der Waals surface area contributed by atoms with E-state index < -0.39 is 0 Å². The molecule has 0 amide bonds. The lowest BCUT2D eigenvalue weighted by Crippen LogP contribution is -2.44. The van der Waals surface area contributed by atoms with Crippen LogP contribution in [0.2, 0.25) is 0 Å². The van der Waals surface area contributed by atoms with Gasteiger partial charge in [0, 0.05) is 12.5 Å². The van der Waals surface area contributed by atoms with E-state index in [9.17, 15) is 0 Å². The Balaban J connectivity index is 1.54. The molecule has 0 spiro atoms. The van der Waals surface area contributed by atoms with Crippen LogP contribution in [0.4, 0.5) is 0 Å². The van der Waals surface area contributed by atoms with Crippen molar-refractivity contribution in [3.05, 3.63) is 17.8 Å². The molecule has 1 aromatic heterocycles. The topological polar surface area (TPSA) is 38.1 Å². The first-order valence-corrected chi connectivity index (χ1v) is 8.48. The van der Waals surface area contributed by atoms with Gasteiger partial charge in [0.15, 0.2) is 6.39 Å². The van der Waals surface area contributed by atoms with Gasteiger partial charge in [-0.2, -0.15) is 0 Å². The van der Waals surface area contributed by atoms with E-state index in [0.717, 1.165) is 36.8 Å². The van der Waals surface area contributed by atoms with Gasteiger partial charge in [-0.15, -0.1) is 0 Å². The molecule has 0 unspecified atom stereocenters. The third-order valence-corrected chi connectivity index (χ3v) is 5.92. The Labute approximate surface area is 121 Å². The van der Waals surface area contributed by atoms with Crippen molar-refractivity contribution in [3.63, 3.8) is 0 Å². The number of oxazole rings is 1. The highest BCUT2D eigenvalue weighted by Crippen LogP contribution is 2.60. The highest BCUT2D eigenvalue weighted by molar-refractivity contribution is 5.19. The van der Waals surface area contributed by atoms with Crippen molar-refractivity contribution >= 4 is 0 Å². The van der Waals surface area contributed by atoms with Crippen molar-refractivity contribution in [2.24, 2.45) is 23.7 Å². The van der Waals surface area contributed by atoms with Crippen LogP contribution in [0.3, 0.4) is 0 Å². The summed E-state index contributed by atoms with van der Waals surface area (Å²) in [7, 11) is 0. The zero-order valence-corrected chi connectivity index (χ0v) is 12.5. The Morgan fingerprint density at radius 3 is 2.50 bits per heavy atom. The second-order valence-corrected chi connectivity index (χ2v) is 7.30. The van der Waals surface area contributed by atoms with Crippen molar-refractivity contribution in [1.82, 2.24) is 10.3 Å². The van der Waals surface area contributed by atoms with Gasteiger partial charge in [0.25, 0.3) is 0 Å². The van der Waals surface area contributed by atoms with E-state index in [-0.39, 0.29) is 0 Å². The number of nitrogens with one attached hydrogen (secondary N) is 1. The van der Waals surface area contributed by atoms with Gasteiger partial charge < -0.3 is 9.73 Å². The molecule has 3 nitrogen and oxygen atoms in total. The maximum absolute atomic E-state index is 5.87. The van der Waals surface area contributed by atoms with E-state index >= 15 is 0 Å². The molecule has 3 heteroatoms. The highest BCUT2D eigenvalue weighted by atomic mass is 16.3. The third-order valence-electron chi connectivity index (χ3n) is 5.92. The predicted octanol–water partition coefficient (Wildman–Crippen LogP) is 3.71. The molecule has 1 heterocycles. The van der Waals surface area contributed by atoms with Crippen molar-refractivity contribution < 1.29 is 4.42 Å². The zero-order chi connectivity index (χ0) is 13.5. The zero-order valence-electron chi connectivity index (χ0n) is 12.5. The molecule has 4 fully saturated rings. The summed E-state index contributed by atoms with van der Waals surface area (Å²) in [5.41, 5.74) is 1.18. The first-order chi connectivity index (χ1) is 9.85. The summed E-state index contributed by atoms with van der Waals surface area (Å²) in [5.74, 6) is 5.70. The molecule has 110 valence electrons. The van der Waals surface area contributed by atoms with Gasteiger partial charge in [-0.3, -0.25) is 0 Å². The summed E-state index contributed by atoms with van der Waals surface area (Å²) < 4.78 is 5.87. The minimum absolute atomic E-state index is 0.670. The Kier molecular flexibility index (Phi) is 3.33. The van der Waals surface area contributed by atoms with E-state index in [4.69, 9.17) is 4.42 Å². The molecule has 0 radical (unpaired) electrons. The SMILES string of the molecule is CCCNCc1ncoc1C1C2CC3CC(C2)CC1C3. The maximum atomic E-state index is 5.87. The van der Waals surface area contributed by atoms with Gasteiger partial charge in [-0.05, 0) is 68.7 Å². The maximum Gasteiger partial charge on any atom is 0.181 e. The molecule has 0 atom stereocenters. The summed E-state index contributed by atoms with van der Waals surface area (Å²) in [5, 5.41) is 3.48. The van der Waals surface area contributed by atoms with Crippen LogP contribution in [0.25, 0.3) is 0 Å². The lowest BCUT2D eigenvalue weighted by molar-refractivity contribution is -0.0100. The van der Waals surface area contributed by atoms with Crippen LogP contribution in [0.5, 0.6) is 0 Å². The predicted molar refractivity (Wildman–Crippen MR) is 78.3 cm³/mol. The van der Waals surface area contributed by atoms with Crippen LogP contribution < -0.4 is 5.32 Å². The molecular weight excluding hydrogens is 248 g/mol. The van der Waals surface area contributed by atoms with Gasteiger partial charge in [0.1, 0.15) is 5.76 Å². The van der Waals surface area contributed by atoms with Crippen molar-refractivity contribution in [2.45, 2.75) is 57.9 Å². The van der Waals surface area contributed by atoms with Gasteiger partial charge in [0.2, 0.25) is 0 Å². The largest absolute Gasteiger partial charge is 0.448 e. The normalized spacial score (nSPS) is 38.5. The van der Waals surface area contributed by atoms with Crippen LogP contribution in [-0.2, 0) is 6.54 Å². The smallest absolute Gasteiger partial charge is 0.181 e. The van der Waals surface area contributed by atoms with Gasteiger partial charge >= 0.3 is 0 Å². The molecule has 20 heavy (non-hydrogen) atoms. The van der Waals surface area contributed by atoms with E-state index in [0.29, 0.717) is 5.92 Å². The minimum atomic E-state index is 0.670. The van der Waals surface area contributed by atoms with Crippen molar-refractivity contribution in [3.8, 4) is 0 Å². The highest BCUT2D eigenvalue weighted by Gasteiger charge is 2.50. The number of hydrogen-bond donors (Lipinski definition) is 1. The Morgan fingerprint density at radius 1 is 1.15 bits per heavy atom. The minimum Gasteiger partial charge on any atom is -0.448 e. The van der Waals surface area contributed by atoms with Crippen LogP contribution in [-0.4, -0.2) is 11.5 Å². The molecule has 0 saturated heterocycles. The van der Waals surface area contributed by atoms with Crippen LogP contribution in [0.15, 0.2) is 10.8 Å². The molecule has 5 rings (SSSR count). The lowest BCUT2D eigenvalue weighted by atomic mass is 9.51. The summed E-state index contributed by atoms with van der Waals surface area (Å²) in [6, 6.07) is 0. The monoisotopic (exact) mass is 274 g/mol. The number of aromatic nitrogens is 1. The molecule has 0 aromatic carbocycles. The number of hydrogen-bond acceptors (Lipinski definition) is 3. The Bertz CT molecular complexity index is 439. The summed E-state index contributed by atoms with van der Waals surface area (Å²) in [4.78, 5) is 4.49. The molecule has 0 aliphatic heterocycles. The fourth-order valence-corrected chi connectivity index (χ4v) is 5.42. The fraction of sp³-hybridized carbons (Fsp3) is 0.824. The van der Waals surface area contributed by atoms with Crippen molar-refractivity contribution in [2.75, 3.05) is 6.54 Å². The lowest BCUT2D eigenvalue weighted by Gasteiger charge is -2.53. The van der Waals surface area contributed by atoms with Gasteiger partial charge in [0.05, 0.1) is 5.69 Å². The molecule has 4 aliphatic carbocycles. The summed E-state index contributed by atoms with van der Waals surface area (Å²) in [6.07, 6.45) is 10.1. The molecular formula is C17H26N2O. The van der Waals surface area contributed by atoms with E-state index in [2.05, 4.69) is 17.2 Å². The van der Waals surface area contributed by atoms with E-state index in [1.165, 1.54) is 50.0 Å². The molecule has 1 N–H and O–H groups in total. The quantitative estimate of drug-likeness (QED) is 0.832. The van der Waals surface area contributed by atoms with Gasteiger partial charge in [-0.1, -0.05) is 6.92 Å². The standard InChI is InChI=1S/C17H26N2O/c1-2-3-18-9-15-17(20-10-19-15)16-13-5-11-4-12(7-13)8-14(16)6-11/h10-14,16,18H,2-9H2,1H3. The first kappa shape index (κ1) is 12.9. The second-order valence-electron chi connectivity index (χ2n) is 7.30. The van der Waals surface area contributed by atoms with Gasteiger partial charge in [-0.25, -0.2) is 4.98 Å². The molecule has 4 aliphatic rings. The second kappa shape index (κ2) is 5.18. The molecule has 4 bridgehead atoms. The van der Waals surface area contributed by atoms with Crippen LogP contribution in [0, 0.1) is 23.7 Å². The summed E-state index contributed by atoms with van der Waals surface area (Å²) >= 11 is 0. The summed E-state index contributed by atoms with van der Waals surface area (Å²) in [6.45, 7) is 4.14. The average Bonchev–Trinajstić information content (AvgIpc) is 2.86. The molecule has 1 aromatic rings. The van der Waals surface area contributed by atoms with Crippen LogP contribution in [0.1, 0.15) is 62.8 Å².